The van der Waals surface area contributed by atoms with E-state index in [0.717, 1.165) is 6.42 Å². The topological polar surface area (TPSA) is 58.2 Å². The van der Waals surface area contributed by atoms with Crippen LogP contribution in [-0.2, 0) is 4.79 Å². The zero-order valence-corrected chi connectivity index (χ0v) is 9.96. The summed E-state index contributed by atoms with van der Waals surface area (Å²) >= 11 is 5.91. The normalized spacial score (nSPS) is 19.6. The molecule has 5 heteroatoms. The molecule has 0 spiro atoms. The lowest BCUT2D eigenvalue weighted by atomic mass is 10.1. The minimum atomic E-state index is -0.451. The fraction of sp³-hybridized carbons (Fsp3) is 0.333. The van der Waals surface area contributed by atoms with Crippen LogP contribution in [0.3, 0.4) is 0 Å². The lowest BCUT2D eigenvalue weighted by molar-refractivity contribution is -0.124. The smallest absolute Gasteiger partial charge is 0.253 e. The number of carbonyl (C=O) groups excluding carboxylic acids is 2. The van der Waals surface area contributed by atoms with E-state index in [1.54, 1.807) is 24.3 Å². The van der Waals surface area contributed by atoms with Crippen LogP contribution >= 0.6 is 11.6 Å². The molecule has 0 aromatic heterocycles. The number of hydrogen-bond acceptors (Lipinski definition) is 2. The van der Waals surface area contributed by atoms with E-state index in [9.17, 15) is 9.59 Å². The van der Waals surface area contributed by atoms with Crippen molar-refractivity contribution in [2.24, 2.45) is 0 Å². The fourth-order valence-electron chi connectivity index (χ4n) is 1.79. The van der Waals surface area contributed by atoms with Gasteiger partial charge in [-0.1, -0.05) is 23.7 Å². The first-order chi connectivity index (χ1) is 8.18. The number of nitrogens with one attached hydrogen (secondary N) is 2. The van der Waals surface area contributed by atoms with E-state index in [4.69, 9.17) is 11.6 Å². The van der Waals surface area contributed by atoms with Gasteiger partial charge in [-0.2, -0.15) is 0 Å². The van der Waals surface area contributed by atoms with Gasteiger partial charge >= 0.3 is 0 Å². The highest BCUT2D eigenvalue weighted by molar-refractivity contribution is 6.33. The van der Waals surface area contributed by atoms with Gasteiger partial charge in [0.25, 0.3) is 5.91 Å². The minimum Gasteiger partial charge on any atom is -0.354 e. The largest absolute Gasteiger partial charge is 0.354 e. The molecule has 1 aromatic rings. The zero-order valence-electron chi connectivity index (χ0n) is 9.20. The number of hydrogen-bond donors (Lipinski definition) is 2. The Hall–Kier alpha value is -1.55. The molecular formula is C12H13ClN2O2. The van der Waals surface area contributed by atoms with E-state index in [1.807, 2.05) is 0 Å². The first-order valence-electron chi connectivity index (χ1n) is 5.51. The molecule has 2 rings (SSSR count). The molecule has 2 N–H and O–H groups in total. The maximum Gasteiger partial charge on any atom is 0.253 e. The first-order valence-corrected chi connectivity index (χ1v) is 5.89. The number of piperidine rings is 1. The second-order valence-corrected chi connectivity index (χ2v) is 4.35. The molecular weight excluding hydrogens is 240 g/mol. The molecule has 17 heavy (non-hydrogen) atoms. The Labute approximate surface area is 104 Å². The molecule has 2 amide bonds. The van der Waals surface area contributed by atoms with Crippen LogP contribution in [0, 0.1) is 0 Å². The van der Waals surface area contributed by atoms with Crippen LogP contribution in [-0.4, -0.2) is 24.4 Å². The predicted octanol–water partition coefficient (Wildman–Crippen LogP) is 1.35. The van der Waals surface area contributed by atoms with Gasteiger partial charge < -0.3 is 10.6 Å². The summed E-state index contributed by atoms with van der Waals surface area (Å²) in [6, 6.07) is 6.33. The Morgan fingerprint density at radius 3 is 2.88 bits per heavy atom. The summed E-state index contributed by atoms with van der Waals surface area (Å²) in [7, 11) is 0. The molecule has 1 fully saturated rings. The SMILES string of the molecule is O=C(N[C@H]1CCCNC1=O)c1ccccc1Cl. The van der Waals surface area contributed by atoms with Gasteiger partial charge in [-0.25, -0.2) is 0 Å². The fourth-order valence-corrected chi connectivity index (χ4v) is 2.01. The molecule has 1 heterocycles. The maximum atomic E-state index is 11.9. The molecule has 1 aliphatic heterocycles. The highest BCUT2D eigenvalue weighted by Gasteiger charge is 2.24. The highest BCUT2D eigenvalue weighted by Crippen LogP contribution is 2.15. The van der Waals surface area contributed by atoms with Gasteiger partial charge in [-0.3, -0.25) is 9.59 Å². The molecule has 1 atom stereocenters. The number of rotatable bonds is 2. The minimum absolute atomic E-state index is 0.128. The third-order valence-corrected chi connectivity index (χ3v) is 3.04. The van der Waals surface area contributed by atoms with E-state index in [-0.39, 0.29) is 11.8 Å². The van der Waals surface area contributed by atoms with E-state index >= 15 is 0 Å². The van der Waals surface area contributed by atoms with Crippen molar-refractivity contribution in [1.82, 2.24) is 10.6 Å². The lowest BCUT2D eigenvalue weighted by Gasteiger charge is -2.22. The van der Waals surface area contributed by atoms with Gasteiger partial charge in [0.1, 0.15) is 6.04 Å². The maximum absolute atomic E-state index is 11.9. The summed E-state index contributed by atoms with van der Waals surface area (Å²) in [6.45, 7) is 0.678. The summed E-state index contributed by atoms with van der Waals surface area (Å²) in [5, 5.41) is 5.80. The molecule has 4 nitrogen and oxygen atoms in total. The van der Waals surface area contributed by atoms with Crippen molar-refractivity contribution >= 4 is 23.4 Å². The molecule has 1 aliphatic rings. The summed E-state index contributed by atoms with van der Waals surface area (Å²) in [4.78, 5) is 23.4. The third kappa shape index (κ3) is 2.77. The quantitative estimate of drug-likeness (QED) is 0.835. The van der Waals surface area contributed by atoms with Crippen LogP contribution in [0.15, 0.2) is 24.3 Å². The molecule has 0 unspecified atom stereocenters. The molecule has 0 bridgehead atoms. The van der Waals surface area contributed by atoms with Crippen molar-refractivity contribution in [3.63, 3.8) is 0 Å². The van der Waals surface area contributed by atoms with E-state index in [1.165, 1.54) is 0 Å². The Kier molecular flexibility index (Phi) is 3.64. The molecule has 1 saturated heterocycles. The standard InChI is InChI=1S/C12H13ClN2O2/c13-9-5-2-1-4-8(9)11(16)15-10-6-3-7-14-12(10)17/h1-2,4-5,10H,3,6-7H2,(H,14,17)(H,15,16)/t10-/m0/s1. The van der Waals surface area contributed by atoms with E-state index < -0.39 is 6.04 Å². The van der Waals surface area contributed by atoms with Crippen molar-refractivity contribution in [1.29, 1.82) is 0 Å². The van der Waals surface area contributed by atoms with Crippen LogP contribution < -0.4 is 10.6 Å². The Balaban J connectivity index is 2.06. The van der Waals surface area contributed by atoms with E-state index in [0.29, 0.717) is 23.6 Å². The molecule has 90 valence electrons. The van der Waals surface area contributed by atoms with Gasteiger partial charge in [-0.05, 0) is 25.0 Å². The van der Waals surface area contributed by atoms with Gasteiger partial charge in [0.05, 0.1) is 10.6 Å². The van der Waals surface area contributed by atoms with Gasteiger partial charge in [0, 0.05) is 6.54 Å². The number of amides is 2. The van der Waals surface area contributed by atoms with Crippen LogP contribution in [0.4, 0.5) is 0 Å². The third-order valence-electron chi connectivity index (χ3n) is 2.71. The second-order valence-electron chi connectivity index (χ2n) is 3.94. The van der Waals surface area contributed by atoms with E-state index in [2.05, 4.69) is 10.6 Å². The monoisotopic (exact) mass is 252 g/mol. The van der Waals surface area contributed by atoms with Crippen molar-refractivity contribution < 1.29 is 9.59 Å². The average Bonchev–Trinajstić information content (AvgIpc) is 2.32. The summed E-state index contributed by atoms with van der Waals surface area (Å²) in [5.41, 5.74) is 0.396. The summed E-state index contributed by atoms with van der Waals surface area (Å²) in [5.74, 6) is -0.436. The van der Waals surface area contributed by atoms with Gasteiger partial charge in [0.15, 0.2) is 0 Å². The van der Waals surface area contributed by atoms with Crippen LogP contribution in [0.5, 0.6) is 0 Å². The Bertz CT molecular complexity index is 448. The van der Waals surface area contributed by atoms with Gasteiger partial charge in [-0.15, -0.1) is 0 Å². The second kappa shape index (κ2) is 5.19. The predicted molar refractivity (Wildman–Crippen MR) is 64.9 cm³/mol. The Morgan fingerprint density at radius 2 is 2.18 bits per heavy atom. The molecule has 1 aromatic carbocycles. The molecule has 0 radical (unpaired) electrons. The Morgan fingerprint density at radius 1 is 1.41 bits per heavy atom. The lowest BCUT2D eigenvalue weighted by Crippen LogP contribution is -2.50. The van der Waals surface area contributed by atoms with Crippen LogP contribution in [0.1, 0.15) is 23.2 Å². The van der Waals surface area contributed by atoms with Crippen LogP contribution in [0.25, 0.3) is 0 Å². The average molecular weight is 253 g/mol. The summed E-state index contributed by atoms with van der Waals surface area (Å²) < 4.78 is 0. The van der Waals surface area contributed by atoms with Crippen molar-refractivity contribution in [2.75, 3.05) is 6.54 Å². The zero-order chi connectivity index (χ0) is 12.3. The highest BCUT2D eigenvalue weighted by atomic mass is 35.5. The van der Waals surface area contributed by atoms with Crippen molar-refractivity contribution in [3.8, 4) is 0 Å². The summed E-state index contributed by atoms with van der Waals surface area (Å²) in [6.07, 6.45) is 1.54. The first kappa shape index (κ1) is 11.9. The number of benzene rings is 1. The van der Waals surface area contributed by atoms with Crippen molar-refractivity contribution in [2.45, 2.75) is 18.9 Å². The van der Waals surface area contributed by atoms with Gasteiger partial charge in [0.2, 0.25) is 5.91 Å². The molecule has 0 saturated carbocycles. The van der Waals surface area contributed by atoms with Crippen molar-refractivity contribution in [3.05, 3.63) is 34.9 Å². The molecule has 0 aliphatic carbocycles. The number of halogens is 1. The number of carbonyl (C=O) groups is 2. The van der Waals surface area contributed by atoms with Crippen LogP contribution in [0.2, 0.25) is 5.02 Å².